The van der Waals surface area contributed by atoms with Crippen molar-refractivity contribution in [2.45, 2.75) is 13.3 Å². The number of ether oxygens (including phenoxy) is 2. The number of hydrogen-bond donors (Lipinski definition) is 1. The fourth-order valence-corrected chi connectivity index (χ4v) is 1.49. The number of nitrogen functional groups attached to an aromatic ring is 1. The molecule has 0 fully saturated rings. The number of nitrogens with zero attached hydrogens (tertiary/aromatic N) is 2. The molecule has 1 aromatic carbocycles. The van der Waals surface area contributed by atoms with E-state index in [9.17, 15) is 0 Å². The number of rotatable bonds is 4. The van der Waals surface area contributed by atoms with E-state index >= 15 is 0 Å². The van der Waals surface area contributed by atoms with Crippen molar-refractivity contribution in [1.29, 1.82) is 0 Å². The lowest BCUT2D eigenvalue weighted by molar-refractivity contribution is 0.412. The van der Waals surface area contributed by atoms with Gasteiger partial charge in [0.15, 0.2) is 5.75 Å². The van der Waals surface area contributed by atoms with Crippen LogP contribution >= 0.6 is 0 Å². The number of anilines is 1. The van der Waals surface area contributed by atoms with Crippen LogP contribution in [-0.4, -0.2) is 17.1 Å². The van der Waals surface area contributed by atoms with Crippen molar-refractivity contribution in [2.75, 3.05) is 12.8 Å². The van der Waals surface area contributed by atoms with Crippen LogP contribution in [0.15, 0.2) is 30.6 Å². The Hall–Kier alpha value is -2.30. The largest absolute Gasteiger partial charge is 0.497 e. The Morgan fingerprint density at radius 2 is 2.06 bits per heavy atom. The van der Waals surface area contributed by atoms with E-state index in [1.165, 1.54) is 6.33 Å². The van der Waals surface area contributed by atoms with Crippen LogP contribution in [0.4, 0.5) is 5.69 Å². The van der Waals surface area contributed by atoms with Gasteiger partial charge in [0.2, 0.25) is 5.88 Å². The van der Waals surface area contributed by atoms with Crippen LogP contribution in [0.3, 0.4) is 0 Å². The number of aryl methyl sites for hydroxylation is 1. The second kappa shape index (κ2) is 5.35. The Labute approximate surface area is 106 Å². The quantitative estimate of drug-likeness (QED) is 0.837. The maximum atomic E-state index is 5.87. The summed E-state index contributed by atoms with van der Waals surface area (Å²) in [6, 6.07) is 7.04. The van der Waals surface area contributed by atoms with Crippen molar-refractivity contribution in [1.82, 2.24) is 9.97 Å². The zero-order valence-corrected chi connectivity index (χ0v) is 10.4. The second-order valence-electron chi connectivity index (χ2n) is 3.71. The van der Waals surface area contributed by atoms with Crippen LogP contribution < -0.4 is 15.2 Å². The molecule has 1 heterocycles. The number of aromatic nitrogens is 2. The predicted molar refractivity (Wildman–Crippen MR) is 68.9 cm³/mol. The molecule has 0 atom stereocenters. The highest BCUT2D eigenvalue weighted by Crippen LogP contribution is 2.29. The van der Waals surface area contributed by atoms with Crippen LogP contribution in [0.5, 0.6) is 17.4 Å². The third kappa shape index (κ3) is 2.68. The average molecular weight is 245 g/mol. The van der Waals surface area contributed by atoms with Gasteiger partial charge < -0.3 is 15.2 Å². The first kappa shape index (κ1) is 12.2. The molecule has 2 rings (SSSR count). The Bertz CT molecular complexity index is 544. The average Bonchev–Trinajstić information content (AvgIpc) is 2.41. The van der Waals surface area contributed by atoms with Gasteiger partial charge in [-0.2, -0.15) is 0 Å². The van der Waals surface area contributed by atoms with Gasteiger partial charge in [-0.3, -0.25) is 0 Å². The van der Waals surface area contributed by atoms with E-state index in [1.807, 2.05) is 6.92 Å². The Morgan fingerprint density at radius 3 is 2.72 bits per heavy atom. The van der Waals surface area contributed by atoms with Crippen molar-refractivity contribution in [2.24, 2.45) is 0 Å². The molecular weight excluding hydrogens is 230 g/mol. The van der Waals surface area contributed by atoms with E-state index in [0.717, 1.165) is 12.1 Å². The monoisotopic (exact) mass is 245 g/mol. The fourth-order valence-electron chi connectivity index (χ4n) is 1.49. The van der Waals surface area contributed by atoms with Crippen LogP contribution in [0.2, 0.25) is 0 Å². The van der Waals surface area contributed by atoms with Crippen LogP contribution in [0, 0.1) is 0 Å². The topological polar surface area (TPSA) is 70.3 Å². The summed E-state index contributed by atoms with van der Waals surface area (Å²) in [7, 11) is 1.59. The van der Waals surface area contributed by atoms with E-state index in [2.05, 4.69) is 9.97 Å². The minimum atomic E-state index is 0.485. The summed E-state index contributed by atoms with van der Waals surface area (Å²) in [5.41, 5.74) is 7.30. The van der Waals surface area contributed by atoms with Crippen molar-refractivity contribution < 1.29 is 9.47 Å². The van der Waals surface area contributed by atoms with Crippen LogP contribution in [0.1, 0.15) is 12.6 Å². The molecule has 1 aromatic heterocycles. The van der Waals surface area contributed by atoms with Crippen molar-refractivity contribution >= 4 is 5.69 Å². The maximum Gasteiger partial charge on any atom is 0.222 e. The van der Waals surface area contributed by atoms with Gasteiger partial charge in [-0.1, -0.05) is 6.92 Å². The molecule has 0 aliphatic carbocycles. The lowest BCUT2D eigenvalue weighted by Crippen LogP contribution is -1.96. The summed E-state index contributed by atoms with van der Waals surface area (Å²) in [4.78, 5) is 8.15. The predicted octanol–water partition coefficient (Wildman–Crippen LogP) is 2.42. The summed E-state index contributed by atoms with van der Waals surface area (Å²) in [5, 5.41) is 0. The standard InChI is InChI=1S/C13H15N3O2/c1-3-9-6-13(16-8-15-9)18-12-5-4-10(17-2)7-11(12)14/h4-8H,3,14H2,1-2H3. The van der Waals surface area contributed by atoms with E-state index in [0.29, 0.717) is 23.1 Å². The first-order valence-electron chi connectivity index (χ1n) is 5.65. The van der Waals surface area contributed by atoms with Gasteiger partial charge in [-0.25, -0.2) is 9.97 Å². The SMILES string of the molecule is CCc1cc(Oc2ccc(OC)cc2N)ncn1. The van der Waals surface area contributed by atoms with Crippen LogP contribution in [0.25, 0.3) is 0 Å². The van der Waals surface area contributed by atoms with E-state index < -0.39 is 0 Å². The minimum Gasteiger partial charge on any atom is -0.497 e. The summed E-state index contributed by atoms with van der Waals surface area (Å²) in [5.74, 6) is 1.73. The summed E-state index contributed by atoms with van der Waals surface area (Å²) >= 11 is 0. The van der Waals surface area contributed by atoms with Gasteiger partial charge in [0.25, 0.3) is 0 Å². The molecule has 5 nitrogen and oxygen atoms in total. The number of methoxy groups -OCH3 is 1. The van der Waals surface area contributed by atoms with Gasteiger partial charge in [-0.15, -0.1) is 0 Å². The lowest BCUT2D eigenvalue weighted by Gasteiger charge is -2.09. The van der Waals surface area contributed by atoms with Crippen molar-refractivity contribution in [3.63, 3.8) is 0 Å². The molecule has 0 spiro atoms. The molecule has 0 aliphatic rings. The maximum absolute atomic E-state index is 5.87. The fraction of sp³-hybridized carbons (Fsp3) is 0.231. The molecule has 0 radical (unpaired) electrons. The van der Waals surface area contributed by atoms with Gasteiger partial charge in [-0.05, 0) is 18.6 Å². The Kier molecular flexibility index (Phi) is 3.62. The van der Waals surface area contributed by atoms with Crippen molar-refractivity contribution in [3.05, 3.63) is 36.3 Å². The zero-order valence-electron chi connectivity index (χ0n) is 10.4. The number of nitrogens with two attached hydrogens (primary N) is 1. The third-order valence-corrected chi connectivity index (χ3v) is 2.49. The molecule has 0 amide bonds. The minimum absolute atomic E-state index is 0.485. The van der Waals surface area contributed by atoms with Gasteiger partial charge in [0.05, 0.1) is 12.8 Å². The first-order valence-corrected chi connectivity index (χ1v) is 5.65. The Balaban J connectivity index is 2.22. The number of hydrogen-bond acceptors (Lipinski definition) is 5. The molecule has 0 unspecified atom stereocenters. The number of benzene rings is 1. The highest BCUT2D eigenvalue weighted by Gasteiger charge is 2.05. The molecule has 2 N–H and O–H groups in total. The Morgan fingerprint density at radius 1 is 1.22 bits per heavy atom. The molecule has 18 heavy (non-hydrogen) atoms. The van der Waals surface area contributed by atoms with Crippen molar-refractivity contribution in [3.8, 4) is 17.4 Å². The highest BCUT2D eigenvalue weighted by molar-refractivity contribution is 5.57. The zero-order chi connectivity index (χ0) is 13.0. The normalized spacial score (nSPS) is 10.1. The summed E-state index contributed by atoms with van der Waals surface area (Å²) in [6.07, 6.45) is 2.31. The third-order valence-electron chi connectivity index (χ3n) is 2.49. The van der Waals surface area contributed by atoms with Crippen LogP contribution in [-0.2, 0) is 6.42 Å². The molecule has 0 bridgehead atoms. The first-order chi connectivity index (χ1) is 8.72. The van der Waals surface area contributed by atoms with E-state index in [-0.39, 0.29) is 0 Å². The molecule has 0 saturated heterocycles. The second-order valence-corrected chi connectivity index (χ2v) is 3.71. The molecule has 2 aromatic rings. The van der Waals surface area contributed by atoms with E-state index in [1.54, 1.807) is 31.4 Å². The molecule has 0 aliphatic heterocycles. The van der Waals surface area contributed by atoms with Gasteiger partial charge in [0, 0.05) is 17.8 Å². The summed E-state index contributed by atoms with van der Waals surface area (Å²) < 4.78 is 10.7. The van der Waals surface area contributed by atoms with E-state index in [4.69, 9.17) is 15.2 Å². The van der Waals surface area contributed by atoms with Gasteiger partial charge in [0.1, 0.15) is 12.1 Å². The molecule has 5 heteroatoms. The molecular formula is C13H15N3O2. The molecule has 94 valence electrons. The smallest absolute Gasteiger partial charge is 0.222 e. The van der Waals surface area contributed by atoms with Gasteiger partial charge >= 0.3 is 0 Å². The summed E-state index contributed by atoms with van der Waals surface area (Å²) in [6.45, 7) is 2.02. The highest BCUT2D eigenvalue weighted by atomic mass is 16.5. The molecule has 0 saturated carbocycles. The lowest BCUT2D eigenvalue weighted by atomic mass is 10.3.